The molecule has 1 amide bonds. The summed E-state index contributed by atoms with van der Waals surface area (Å²) in [4.78, 5) is 26.2. The molecule has 9 heteroatoms. The number of nitrogens with one attached hydrogen (secondary N) is 1. The first-order chi connectivity index (χ1) is 15.2. The molecule has 2 aromatic rings. The lowest BCUT2D eigenvalue weighted by atomic mass is 9.90. The third kappa shape index (κ3) is 4.72. The number of hydrogen-bond acceptors (Lipinski definition) is 5. The van der Waals surface area contributed by atoms with Gasteiger partial charge in [-0.2, -0.15) is 13.2 Å². The highest BCUT2D eigenvalue weighted by Crippen LogP contribution is 2.33. The molecule has 2 aromatic carbocycles. The Balaban J connectivity index is 1.35. The molecule has 1 atom stereocenters. The standard InChI is InChI=1S/C23H23F3N2O4/c1-31-21(22(30)27-17-5-2-15-12-20(29)32-19(15)13-17)14-8-10-28(11-9-14)18-6-3-16(4-7-18)23(24,25)26/h2-7,13-14,21H,8-12H2,1H3,(H,27,30). The number of benzene rings is 2. The number of fused-ring (bicyclic) bond motifs is 1. The Morgan fingerprint density at radius 3 is 2.47 bits per heavy atom. The van der Waals surface area contributed by atoms with Crippen molar-refractivity contribution in [2.45, 2.75) is 31.5 Å². The third-order valence-electron chi connectivity index (χ3n) is 5.93. The van der Waals surface area contributed by atoms with Crippen LogP contribution in [0.5, 0.6) is 5.75 Å². The van der Waals surface area contributed by atoms with E-state index in [-0.39, 0.29) is 24.2 Å². The Morgan fingerprint density at radius 2 is 1.84 bits per heavy atom. The maximum absolute atomic E-state index is 12.8. The van der Waals surface area contributed by atoms with Crippen LogP contribution in [0.1, 0.15) is 24.0 Å². The van der Waals surface area contributed by atoms with E-state index in [4.69, 9.17) is 9.47 Å². The van der Waals surface area contributed by atoms with Crippen molar-refractivity contribution >= 4 is 23.3 Å². The molecule has 2 aliphatic rings. The van der Waals surface area contributed by atoms with E-state index in [1.165, 1.54) is 19.2 Å². The number of anilines is 2. The monoisotopic (exact) mass is 448 g/mol. The van der Waals surface area contributed by atoms with Crippen LogP contribution in [0.3, 0.4) is 0 Å². The fourth-order valence-corrected chi connectivity index (χ4v) is 4.24. The molecular weight excluding hydrogens is 425 g/mol. The highest BCUT2D eigenvalue weighted by atomic mass is 19.4. The summed E-state index contributed by atoms with van der Waals surface area (Å²) in [5, 5.41) is 2.82. The van der Waals surface area contributed by atoms with Crippen LogP contribution < -0.4 is 15.0 Å². The number of halogens is 3. The molecule has 32 heavy (non-hydrogen) atoms. The second-order valence-corrected chi connectivity index (χ2v) is 7.99. The fraction of sp³-hybridized carbons (Fsp3) is 0.391. The number of nitrogens with zero attached hydrogens (tertiary/aromatic N) is 1. The van der Waals surface area contributed by atoms with E-state index < -0.39 is 17.8 Å². The Bertz CT molecular complexity index is 999. The predicted molar refractivity (Wildman–Crippen MR) is 112 cm³/mol. The molecular formula is C23H23F3N2O4. The Kier molecular flexibility index (Phi) is 6.10. The third-order valence-corrected chi connectivity index (χ3v) is 5.93. The minimum absolute atomic E-state index is 0.0297. The summed E-state index contributed by atoms with van der Waals surface area (Å²) in [5.41, 5.74) is 1.36. The van der Waals surface area contributed by atoms with E-state index in [9.17, 15) is 22.8 Å². The van der Waals surface area contributed by atoms with E-state index in [2.05, 4.69) is 5.32 Å². The zero-order chi connectivity index (χ0) is 22.9. The maximum Gasteiger partial charge on any atom is 0.416 e. The second-order valence-electron chi connectivity index (χ2n) is 7.99. The normalized spacial score (nSPS) is 17.6. The highest BCUT2D eigenvalue weighted by molar-refractivity contribution is 5.95. The molecule has 0 saturated carbocycles. The van der Waals surface area contributed by atoms with Gasteiger partial charge in [0.1, 0.15) is 11.9 Å². The largest absolute Gasteiger partial charge is 0.426 e. The number of carbonyl (C=O) groups is 2. The van der Waals surface area contributed by atoms with Crippen LogP contribution in [-0.2, 0) is 26.9 Å². The van der Waals surface area contributed by atoms with Crippen molar-refractivity contribution in [1.82, 2.24) is 0 Å². The number of ether oxygens (including phenoxy) is 2. The SMILES string of the molecule is COC(C(=O)Nc1ccc2c(c1)OC(=O)C2)C1CCN(c2ccc(C(F)(F)F)cc2)CC1. The molecule has 0 aliphatic carbocycles. The number of hydrogen-bond donors (Lipinski definition) is 1. The summed E-state index contributed by atoms with van der Waals surface area (Å²) >= 11 is 0. The molecule has 1 unspecified atom stereocenters. The van der Waals surface area contributed by atoms with Crippen molar-refractivity contribution in [3.8, 4) is 5.75 Å². The average Bonchev–Trinajstić information content (AvgIpc) is 3.13. The Hall–Kier alpha value is -3.07. The maximum atomic E-state index is 12.8. The van der Waals surface area contributed by atoms with Crippen molar-refractivity contribution in [2.24, 2.45) is 5.92 Å². The molecule has 0 radical (unpaired) electrons. The number of rotatable bonds is 5. The van der Waals surface area contributed by atoms with E-state index in [1.54, 1.807) is 18.2 Å². The van der Waals surface area contributed by atoms with Gasteiger partial charge in [0.15, 0.2) is 0 Å². The lowest BCUT2D eigenvalue weighted by Gasteiger charge is -2.36. The Labute approximate surface area is 183 Å². The average molecular weight is 448 g/mol. The number of esters is 1. The number of amides is 1. The van der Waals surface area contributed by atoms with Gasteiger partial charge in [0.05, 0.1) is 12.0 Å². The minimum atomic E-state index is -4.36. The lowest BCUT2D eigenvalue weighted by Crippen LogP contribution is -2.43. The van der Waals surface area contributed by atoms with Crippen molar-refractivity contribution in [1.29, 1.82) is 0 Å². The molecule has 1 N–H and O–H groups in total. The van der Waals surface area contributed by atoms with Crippen LogP contribution in [-0.4, -0.2) is 38.2 Å². The minimum Gasteiger partial charge on any atom is -0.426 e. The zero-order valence-electron chi connectivity index (χ0n) is 17.4. The van der Waals surface area contributed by atoms with Crippen molar-refractivity contribution < 1.29 is 32.2 Å². The molecule has 0 aromatic heterocycles. The topological polar surface area (TPSA) is 67.9 Å². The smallest absolute Gasteiger partial charge is 0.416 e. The van der Waals surface area contributed by atoms with Crippen molar-refractivity contribution in [3.63, 3.8) is 0 Å². The summed E-state index contributed by atoms with van der Waals surface area (Å²) in [6, 6.07) is 10.2. The zero-order valence-corrected chi connectivity index (χ0v) is 17.4. The van der Waals surface area contributed by atoms with Crippen LogP contribution in [0, 0.1) is 5.92 Å². The van der Waals surface area contributed by atoms with Gasteiger partial charge in [0, 0.05) is 43.2 Å². The van der Waals surface area contributed by atoms with Gasteiger partial charge in [-0.3, -0.25) is 9.59 Å². The van der Waals surface area contributed by atoms with Crippen LogP contribution in [0.15, 0.2) is 42.5 Å². The summed E-state index contributed by atoms with van der Waals surface area (Å²) < 4.78 is 48.9. The van der Waals surface area contributed by atoms with E-state index in [0.29, 0.717) is 37.4 Å². The van der Waals surface area contributed by atoms with Gasteiger partial charge in [0.2, 0.25) is 0 Å². The first-order valence-electron chi connectivity index (χ1n) is 10.3. The molecule has 1 saturated heterocycles. The predicted octanol–water partition coefficient (Wildman–Crippen LogP) is 4.04. The molecule has 2 heterocycles. The highest BCUT2D eigenvalue weighted by Gasteiger charge is 2.33. The van der Waals surface area contributed by atoms with Gasteiger partial charge >= 0.3 is 12.1 Å². The van der Waals surface area contributed by atoms with Gasteiger partial charge < -0.3 is 19.7 Å². The van der Waals surface area contributed by atoms with Gasteiger partial charge in [-0.25, -0.2) is 0 Å². The summed E-state index contributed by atoms with van der Waals surface area (Å²) in [7, 11) is 1.48. The molecule has 4 rings (SSSR count). The number of methoxy groups -OCH3 is 1. The summed E-state index contributed by atoms with van der Waals surface area (Å²) in [6.07, 6.45) is -3.48. The number of carbonyl (C=O) groups excluding carboxylic acids is 2. The molecule has 1 fully saturated rings. The molecule has 0 bridgehead atoms. The first-order valence-corrected chi connectivity index (χ1v) is 10.3. The van der Waals surface area contributed by atoms with E-state index in [0.717, 1.165) is 23.4 Å². The van der Waals surface area contributed by atoms with Gasteiger partial charge in [0.25, 0.3) is 5.91 Å². The molecule has 0 spiro atoms. The fourth-order valence-electron chi connectivity index (χ4n) is 4.24. The van der Waals surface area contributed by atoms with Crippen LogP contribution in [0.25, 0.3) is 0 Å². The van der Waals surface area contributed by atoms with Crippen molar-refractivity contribution in [2.75, 3.05) is 30.4 Å². The second kappa shape index (κ2) is 8.82. The van der Waals surface area contributed by atoms with Crippen LogP contribution >= 0.6 is 0 Å². The first kappa shape index (κ1) is 22.1. The van der Waals surface area contributed by atoms with Gasteiger partial charge in [-0.05, 0) is 49.1 Å². The van der Waals surface area contributed by atoms with E-state index in [1.807, 2.05) is 4.90 Å². The molecule has 2 aliphatic heterocycles. The summed E-state index contributed by atoms with van der Waals surface area (Å²) in [6.45, 7) is 1.22. The number of piperidine rings is 1. The van der Waals surface area contributed by atoms with Crippen LogP contribution in [0.2, 0.25) is 0 Å². The Morgan fingerprint density at radius 1 is 1.16 bits per heavy atom. The van der Waals surface area contributed by atoms with E-state index >= 15 is 0 Å². The summed E-state index contributed by atoms with van der Waals surface area (Å²) in [5.74, 6) is -0.188. The van der Waals surface area contributed by atoms with Crippen molar-refractivity contribution in [3.05, 3.63) is 53.6 Å². The quantitative estimate of drug-likeness (QED) is 0.553. The molecule has 6 nitrogen and oxygen atoms in total. The van der Waals surface area contributed by atoms with Crippen LogP contribution in [0.4, 0.5) is 24.5 Å². The van der Waals surface area contributed by atoms with Gasteiger partial charge in [-0.15, -0.1) is 0 Å². The number of alkyl halides is 3. The van der Waals surface area contributed by atoms with Gasteiger partial charge in [-0.1, -0.05) is 6.07 Å². The molecule has 170 valence electrons. The lowest BCUT2D eigenvalue weighted by molar-refractivity contribution is -0.137.